The Labute approximate surface area is 206 Å². The summed E-state index contributed by atoms with van der Waals surface area (Å²) in [5, 5.41) is 18.9. The minimum atomic E-state index is -3.55. The molecule has 0 saturated heterocycles. The first-order valence-electron chi connectivity index (χ1n) is 10.2. The average Bonchev–Trinajstić information content (AvgIpc) is 3.30. The molecule has 0 bridgehead atoms. The number of sulfone groups is 1. The Morgan fingerprint density at radius 1 is 1.14 bits per heavy atom. The number of benzene rings is 2. The Balaban J connectivity index is 1.64. The Hall–Kier alpha value is -3.95. The maximum absolute atomic E-state index is 12.5. The lowest BCUT2D eigenvalue weighted by molar-refractivity contribution is -0.112. The number of nitrogens with one attached hydrogen (secondary N) is 1. The number of aryl methyl sites for hydroxylation is 1. The van der Waals surface area contributed by atoms with Crippen molar-refractivity contribution in [2.24, 2.45) is 0 Å². The first-order chi connectivity index (χ1) is 16.7. The fraction of sp³-hybridized carbons (Fsp3) is 0.217. The zero-order valence-electron chi connectivity index (χ0n) is 19.1. The van der Waals surface area contributed by atoms with E-state index < -0.39 is 15.7 Å². The molecule has 0 aliphatic rings. The van der Waals surface area contributed by atoms with Crippen LogP contribution in [0.15, 0.2) is 52.4 Å². The molecule has 0 unspecified atom stereocenters. The maximum Gasteiger partial charge on any atom is 0.268 e. The normalized spacial score (nSPS) is 11.4. The number of carbonyl (C=O) groups is 1. The molecule has 1 amide bonds. The largest absolute Gasteiger partial charge is 0.493 e. The van der Waals surface area contributed by atoms with Gasteiger partial charge in [-0.2, -0.15) is 5.26 Å². The number of amides is 1. The van der Waals surface area contributed by atoms with E-state index in [0.29, 0.717) is 35.0 Å². The highest BCUT2D eigenvalue weighted by atomic mass is 32.2. The highest BCUT2D eigenvalue weighted by molar-refractivity contribution is 7.92. The molecule has 182 valence electrons. The minimum absolute atomic E-state index is 0.0363. The van der Waals surface area contributed by atoms with Gasteiger partial charge in [0.1, 0.15) is 30.6 Å². The van der Waals surface area contributed by atoms with Crippen LogP contribution in [0.5, 0.6) is 17.2 Å². The van der Waals surface area contributed by atoms with Crippen LogP contribution in [0.4, 0.5) is 5.13 Å². The predicted molar refractivity (Wildman–Crippen MR) is 130 cm³/mol. The highest BCUT2D eigenvalue weighted by Gasteiger charge is 2.17. The van der Waals surface area contributed by atoms with Gasteiger partial charge in [-0.25, -0.2) is 8.42 Å². The van der Waals surface area contributed by atoms with E-state index in [0.717, 1.165) is 17.6 Å². The van der Waals surface area contributed by atoms with Crippen molar-refractivity contribution in [3.63, 3.8) is 0 Å². The van der Waals surface area contributed by atoms with Crippen molar-refractivity contribution in [1.29, 1.82) is 5.26 Å². The van der Waals surface area contributed by atoms with Gasteiger partial charge in [-0.1, -0.05) is 29.5 Å². The van der Waals surface area contributed by atoms with Gasteiger partial charge in [0, 0.05) is 6.26 Å². The van der Waals surface area contributed by atoms with E-state index in [-0.39, 0.29) is 21.7 Å². The number of anilines is 1. The van der Waals surface area contributed by atoms with Crippen molar-refractivity contribution in [2.45, 2.75) is 11.3 Å². The number of nitrogens with zero attached hydrogens (tertiary/aromatic N) is 3. The monoisotopic (exact) mass is 514 g/mol. The first-order valence-corrected chi connectivity index (χ1v) is 12.9. The van der Waals surface area contributed by atoms with Crippen molar-refractivity contribution in [1.82, 2.24) is 10.2 Å². The number of rotatable bonds is 10. The van der Waals surface area contributed by atoms with Gasteiger partial charge < -0.3 is 14.2 Å². The van der Waals surface area contributed by atoms with Crippen LogP contribution in [-0.2, 0) is 14.6 Å². The van der Waals surface area contributed by atoms with Crippen LogP contribution in [-0.4, -0.2) is 51.1 Å². The van der Waals surface area contributed by atoms with Gasteiger partial charge in [0.25, 0.3) is 5.91 Å². The number of aromatic nitrogens is 2. The molecule has 1 N–H and O–H groups in total. The molecule has 0 atom stereocenters. The summed E-state index contributed by atoms with van der Waals surface area (Å²) in [5.74, 6) is 0.886. The van der Waals surface area contributed by atoms with E-state index in [1.807, 2.05) is 37.3 Å². The van der Waals surface area contributed by atoms with E-state index in [9.17, 15) is 18.5 Å². The van der Waals surface area contributed by atoms with Gasteiger partial charge in [-0.3, -0.25) is 10.1 Å². The van der Waals surface area contributed by atoms with Crippen LogP contribution in [0.1, 0.15) is 11.1 Å². The Morgan fingerprint density at radius 3 is 2.57 bits per heavy atom. The zero-order valence-corrected chi connectivity index (χ0v) is 20.8. The van der Waals surface area contributed by atoms with E-state index in [2.05, 4.69) is 15.5 Å². The van der Waals surface area contributed by atoms with Gasteiger partial charge >= 0.3 is 0 Å². The molecule has 3 aromatic rings. The summed E-state index contributed by atoms with van der Waals surface area (Å²) in [5.41, 5.74) is 1.40. The molecular formula is C23H22N4O6S2. The standard InChI is InChI=1S/C23H22N4O6S2/c1-15-5-4-6-18(11-15)32-9-10-33-19-8-7-16(13-20(19)31-2)12-17(14-24)21(28)25-22-26-27-23(34-22)35(3,29)30/h4-8,11-13H,9-10H2,1-3H3,(H,25,26,28). The quantitative estimate of drug-likeness (QED) is 0.187. The lowest BCUT2D eigenvalue weighted by Crippen LogP contribution is -2.13. The van der Waals surface area contributed by atoms with E-state index in [1.165, 1.54) is 13.2 Å². The summed E-state index contributed by atoms with van der Waals surface area (Å²) in [6, 6.07) is 14.5. The third kappa shape index (κ3) is 7.26. The first kappa shape index (κ1) is 25.7. The summed E-state index contributed by atoms with van der Waals surface area (Å²) in [6.45, 7) is 2.60. The number of ether oxygens (including phenoxy) is 3. The zero-order chi connectivity index (χ0) is 25.4. The number of methoxy groups -OCH3 is 1. The fourth-order valence-electron chi connectivity index (χ4n) is 2.80. The summed E-state index contributed by atoms with van der Waals surface area (Å²) in [6.07, 6.45) is 2.35. The Morgan fingerprint density at radius 2 is 1.91 bits per heavy atom. The molecule has 10 nitrogen and oxygen atoms in total. The summed E-state index contributed by atoms with van der Waals surface area (Å²) >= 11 is 0.693. The van der Waals surface area contributed by atoms with Gasteiger partial charge in [-0.05, 0) is 48.4 Å². The summed E-state index contributed by atoms with van der Waals surface area (Å²) in [7, 11) is -2.07. The topological polar surface area (TPSA) is 140 Å². The molecule has 0 radical (unpaired) electrons. The van der Waals surface area contributed by atoms with Gasteiger partial charge in [0.2, 0.25) is 19.3 Å². The van der Waals surface area contributed by atoms with Crippen LogP contribution in [0.2, 0.25) is 0 Å². The predicted octanol–water partition coefficient (Wildman–Crippen LogP) is 3.26. The van der Waals surface area contributed by atoms with Crippen LogP contribution < -0.4 is 19.5 Å². The molecule has 0 fully saturated rings. The summed E-state index contributed by atoms with van der Waals surface area (Å²) < 4.78 is 39.6. The molecular weight excluding hydrogens is 492 g/mol. The van der Waals surface area contributed by atoms with Crippen molar-refractivity contribution in [2.75, 3.05) is 31.9 Å². The lowest BCUT2D eigenvalue weighted by Gasteiger charge is -2.12. The fourth-order valence-corrected chi connectivity index (χ4v) is 4.30. The average molecular weight is 515 g/mol. The third-order valence-electron chi connectivity index (χ3n) is 4.41. The van der Waals surface area contributed by atoms with Crippen molar-refractivity contribution < 1.29 is 27.4 Å². The van der Waals surface area contributed by atoms with Crippen molar-refractivity contribution >= 4 is 38.3 Å². The van der Waals surface area contributed by atoms with Crippen LogP contribution in [0.25, 0.3) is 6.08 Å². The number of nitriles is 1. The molecule has 0 aliphatic carbocycles. The van der Waals surface area contributed by atoms with Gasteiger partial charge in [0.15, 0.2) is 11.5 Å². The molecule has 35 heavy (non-hydrogen) atoms. The smallest absolute Gasteiger partial charge is 0.268 e. The number of carbonyl (C=O) groups excluding carboxylic acids is 1. The molecule has 1 heterocycles. The number of hydrogen-bond acceptors (Lipinski definition) is 10. The molecule has 1 aromatic heterocycles. The Kier molecular flexibility index (Phi) is 8.40. The second-order valence-electron chi connectivity index (χ2n) is 7.19. The molecule has 0 aliphatic heterocycles. The molecule has 0 spiro atoms. The Bertz CT molecular complexity index is 1390. The minimum Gasteiger partial charge on any atom is -0.493 e. The van der Waals surface area contributed by atoms with Crippen molar-refractivity contribution in [3.05, 3.63) is 59.2 Å². The lowest BCUT2D eigenvalue weighted by atomic mass is 10.1. The van der Waals surface area contributed by atoms with Crippen LogP contribution >= 0.6 is 11.3 Å². The third-order valence-corrected chi connectivity index (χ3v) is 6.91. The summed E-state index contributed by atoms with van der Waals surface area (Å²) in [4.78, 5) is 12.5. The van der Waals surface area contributed by atoms with E-state index in [4.69, 9.17) is 14.2 Å². The molecule has 12 heteroatoms. The van der Waals surface area contributed by atoms with E-state index in [1.54, 1.807) is 18.2 Å². The SMILES string of the molecule is COc1cc(C=C(C#N)C(=O)Nc2nnc(S(C)(=O)=O)s2)ccc1OCCOc1cccc(C)c1. The second kappa shape index (κ2) is 11.5. The molecule has 0 saturated carbocycles. The van der Waals surface area contributed by atoms with Crippen LogP contribution in [0, 0.1) is 18.3 Å². The highest BCUT2D eigenvalue weighted by Crippen LogP contribution is 2.29. The van der Waals surface area contributed by atoms with Gasteiger partial charge in [0.05, 0.1) is 7.11 Å². The maximum atomic E-state index is 12.5. The van der Waals surface area contributed by atoms with Gasteiger partial charge in [-0.15, -0.1) is 10.2 Å². The van der Waals surface area contributed by atoms with E-state index >= 15 is 0 Å². The van der Waals surface area contributed by atoms with Crippen molar-refractivity contribution in [3.8, 4) is 23.3 Å². The number of hydrogen-bond donors (Lipinski definition) is 1. The second-order valence-corrected chi connectivity index (χ2v) is 10.4. The molecule has 3 rings (SSSR count). The molecule has 2 aromatic carbocycles. The van der Waals surface area contributed by atoms with Crippen LogP contribution in [0.3, 0.4) is 0 Å².